The molecule has 0 aliphatic rings. The normalized spacial score (nSPS) is 10.4. The molecule has 0 aliphatic carbocycles. The lowest BCUT2D eigenvalue weighted by molar-refractivity contribution is -0.118. The second-order valence-electron chi connectivity index (χ2n) is 7.08. The molecule has 1 heterocycles. The first-order chi connectivity index (χ1) is 16.6. The number of ether oxygens (including phenoxy) is 4. The zero-order valence-electron chi connectivity index (χ0n) is 18.9. The fourth-order valence-electron chi connectivity index (χ4n) is 3.15. The van der Waals surface area contributed by atoms with Crippen LogP contribution < -0.4 is 24.3 Å². The smallest absolute Gasteiger partial charge is 0.262 e. The molecule has 34 heavy (non-hydrogen) atoms. The number of hydrogen-bond donors (Lipinski definition) is 1. The fraction of sp³-hybridized carbons (Fsp3) is 0.160. The predicted molar refractivity (Wildman–Crippen MR) is 125 cm³/mol. The van der Waals surface area contributed by atoms with E-state index in [1.54, 1.807) is 50.6 Å². The Morgan fingerprint density at radius 3 is 2.35 bits per heavy atom. The minimum atomic E-state index is -0.339. The molecule has 0 aliphatic heterocycles. The Labute approximate surface area is 196 Å². The van der Waals surface area contributed by atoms with E-state index in [1.165, 1.54) is 7.11 Å². The summed E-state index contributed by atoms with van der Waals surface area (Å²) in [7, 11) is 4.68. The average molecular weight is 461 g/mol. The van der Waals surface area contributed by atoms with Crippen LogP contribution in [-0.2, 0) is 4.79 Å². The highest BCUT2D eigenvalue weighted by atomic mass is 16.5. The first kappa shape index (κ1) is 22.7. The standard InChI is InChI=1S/C25H23N3O6/c1-30-18-9-7-16(8-10-18)24-27-25(34-28-24)17-5-4-6-20(13-17)33-15-23(29)26-21-12-11-19(31-2)14-22(21)32-3/h4-14H,15H2,1-3H3,(H,26,29). The summed E-state index contributed by atoms with van der Waals surface area (Å²) in [5.74, 6) is 2.79. The minimum Gasteiger partial charge on any atom is -0.497 e. The van der Waals surface area contributed by atoms with Crippen LogP contribution in [0.15, 0.2) is 71.3 Å². The predicted octanol–water partition coefficient (Wildman–Crippen LogP) is 4.45. The number of aromatic nitrogens is 2. The molecule has 0 spiro atoms. The second kappa shape index (κ2) is 10.4. The Bertz CT molecular complexity index is 1270. The van der Waals surface area contributed by atoms with Crippen molar-refractivity contribution in [2.75, 3.05) is 33.3 Å². The van der Waals surface area contributed by atoms with Gasteiger partial charge < -0.3 is 28.8 Å². The van der Waals surface area contributed by atoms with Crippen LogP contribution in [-0.4, -0.2) is 44.0 Å². The van der Waals surface area contributed by atoms with E-state index in [1.807, 2.05) is 30.3 Å². The molecule has 0 unspecified atom stereocenters. The lowest BCUT2D eigenvalue weighted by Gasteiger charge is -2.12. The zero-order valence-corrected chi connectivity index (χ0v) is 18.9. The lowest BCUT2D eigenvalue weighted by Crippen LogP contribution is -2.20. The molecule has 9 heteroatoms. The van der Waals surface area contributed by atoms with Crippen molar-refractivity contribution in [3.8, 4) is 45.8 Å². The highest BCUT2D eigenvalue weighted by Gasteiger charge is 2.13. The highest BCUT2D eigenvalue weighted by Crippen LogP contribution is 2.29. The van der Waals surface area contributed by atoms with Crippen molar-refractivity contribution in [2.24, 2.45) is 0 Å². The van der Waals surface area contributed by atoms with Crippen LogP contribution in [0, 0.1) is 0 Å². The molecule has 0 saturated carbocycles. The molecular weight excluding hydrogens is 438 g/mol. The van der Waals surface area contributed by atoms with E-state index < -0.39 is 0 Å². The Morgan fingerprint density at radius 2 is 1.62 bits per heavy atom. The van der Waals surface area contributed by atoms with Crippen molar-refractivity contribution in [1.29, 1.82) is 0 Å². The van der Waals surface area contributed by atoms with E-state index in [2.05, 4.69) is 15.5 Å². The van der Waals surface area contributed by atoms with Gasteiger partial charge in [0.2, 0.25) is 5.82 Å². The van der Waals surface area contributed by atoms with E-state index in [9.17, 15) is 4.79 Å². The Morgan fingerprint density at radius 1 is 0.853 bits per heavy atom. The molecule has 0 saturated heterocycles. The van der Waals surface area contributed by atoms with Crippen molar-refractivity contribution in [1.82, 2.24) is 10.1 Å². The van der Waals surface area contributed by atoms with Crippen LogP contribution in [0.5, 0.6) is 23.0 Å². The summed E-state index contributed by atoms with van der Waals surface area (Å²) in [4.78, 5) is 16.9. The summed E-state index contributed by atoms with van der Waals surface area (Å²) < 4.78 is 26.7. The van der Waals surface area contributed by atoms with E-state index in [4.69, 9.17) is 23.5 Å². The quantitative estimate of drug-likeness (QED) is 0.390. The van der Waals surface area contributed by atoms with Gasteiger partial charge in [0.05, 0.1) is 27.0 Å². The Hall–Kier alpha value is -4.53. The second-order valence-corrected chi connectivity index (χ2v) is 7.08. The van der Waals surface area contributed by atoms with Crippen molar-refractivity contribution in [3.05, 3.63) is 66.7 Å². The van der Waals surface area contributed by atoms with Gasteiger partial charge in [-0.25, -0.2) is 0 Å². The van der Waals surface area contributed by atoms with Crippen LogP contribution in [0.1, 0.15) is 0 Å². The number of carbonyl (C=O) groups excluding carboxylic acids is 1. The molecule has 0 atom stereocenters. The number of methoxy groups -OCH3 is 3. The van der Waals surface area contributed by atoms with Gasteiger partial charge in [0.15, 0.2) is 6.61 Å². The molecule has 4 rings (SSSR count). The van der Waals surface area contributed by atoms with Crippen LogP contribution in [0.3, 0.4) is 0 Å². The van der Waals surface area contributed by atoms with Crippen molar-refractivity contribution in [2.45, 2.75) is 0 Å². The number of amides is 1. The van der Waals surface area contributed by atoms with Gasteiger partial charge in [0.25, 0.3) is 11.8 Å². The van der Waals surface area contributed by atoms with Crippen LogP contribution in [0.2, 0.25) is 0 Å². The molecule has 1 amide bonds. The van der Waals surface area contributed by atoms with Gasteiger partial charge in [-0.05, 0) is 54.6 Å². The van der Waals surface area contributed by atoms with Gasteiger partial charge >= 0.3 is 0 Å². The first-order valence-corrected chi connectivity index (χ1v) is 10.3. The summed E-state index contributed by atoms with van der Waals surface area (Å²) in [6, 6.07) is 19.5. The Balaban J connectivity index is 1.40. The monoisotopic (exact) mass is 461 g/mol. The first-order valence-electron chi connectivity index (χ1n) is 10.3. The van der Waals surface area contributed by atoms with Gasteiger partial charge in [0, 0.05) is 17.2 Å². The largest absolute Gasteiger partial charge is 0.497 e. The van der Waals surface area contributed by atoms with Gasteiger partial charge in [0.1, 0.15) is 23.0 Å². The Kier molecular flexibility index (Phi) is 6.92. The maximum absolute atomic E-state index is 12.4. The van der Waals surface area contributed by atoms with Gasteiger partial charge in [-0.2, -0.15) is 4.98 Å². The summed E-state index contributed by atoms with van der Waals surface area (Å²) in [6.45, 7) is -0.195. The number of anilines is 1. The van der Waals surface area contributed by atoms with E-state index in [-0.39, 0.29) is 12.5 Å². The molecule has 9 nitrogen and oxygen atoms in total. The van der Waals surface area contributed by atoms with Crippen LogP contribution >= 0.6 is 0 Å². The van der Waals surface area contributed by atoms with Gasteiger partial charge in [-0.1, -0.05) is 11.2 Å². The highest BCUT2D eigenvalue weighted by molar-refractivity contribution is 5.93. The molecule has 174 valence electrons. The van der Waals surface area contributed by atoms with Gasteiger partial charge in [-0.15, -0.1) is 0 Å². The number of benzene rings is 3. The number of hydrogen-bond acceptors (Lipinski definition) is 8. The maximum Gasteiger partial charge on any atom is 0.262 e. The molecule has 3 aromatic carbocycles. The molecular formula is C25H23N3O6. The van der Waals surface area contributed by atoms with Crippen LogP contribution in [0.4, 0.5) is 5.69 Å². The molecule has 0 fully saturated rings. The zero-order chi connectivity index (χ0) is 23.9. The minimum absolute atomic E-state index is 0.195. The third-order valence-corrected chi connectivity index (χ3v) is 4.91. The molecule has 0 bridgehead atoms. The summed E-state index contributed by atoms with van der Waals surface area (Å²) >= 11 is 0. The van der Waals surface area contributed by atoms with E-state index in [0.717, 1.165) is 11.3 Å². The molecule has 4 aromatic rings. The molecule has 0 radical (unpaired) electrons. The summed E-state index contributed by atoms with van der Waals surface area (Å²) in [5.41, 5.74) is 1.98. The topological polar surface area (TPSA) is 105 Å². The summed E-state index contributed by atoms with van der Waals surface area (Å²) in [5, 5.41) is 6.81. The number of nitrogens with one attached hydrogen (secondary N) is 1. The van der Waals surface area contributed by atoms with Crippen molar-refractivity contribution in [3.63, 3.8) is 0 Å². The fourth-order valence-corrected chi connectivity index (χ4v) is 3.15. The maximum atomic E-state index is 12.4. The van der Waals surface area contributed by atoms with E-state index >= 15 is 0 Å². The number of rotatable bonds is 9. The summed E-state index contributed by atoms with van der Waals surface area (Å²) in [6.07, 6.45) is 0. The van der Waals surface area contributed by atoms with Crippen molar-refractivity contribution < 1.29 is 28.3 Å². The third kappa shape index (κ3) is 5.26. The van der Waals surface area contributed by atoms with Crippen LogP contribution in [0.25, 0.3) is 22.8 Å². The van der Waals surface area contributed by atoms with Gasteiger partial charge in [-0.3, -0.25) is 4.79 Å². The number of nitrogens with zero attached hydrogens (tertiary/aromatic N) is 2. The molecule has 1 N–H and O–H groups in total. The SMILES string of the molecule is COc1ccc(-c2noc(-c3cccc(OCC(=O)Nc4ccc(OC)cc4OC)c3)n2)cc1. The van der Waals surface area contributed by atoms with Crippen molar-refractivity contribution >= 4 is 11.6 Å². The third-order valence-electron chi connectivity index (χ3n) is 4.91. The van der Waals surface area contributed by atoms with E-state index in [0.29, 0.717) is 40.2 Å². The average Bonchev–Trinajstić information content (AvgIpc) is 3.38. The lowest BCUT2D eigenvalue weighted by atomic mass is 10.2. The number of carbonyl (C=O) groups is 1. The molecule has 1 aromatic heterocycles.